The van der Waals surface area contributed by atoms with E-state index in [1.54, 1.807) is 0 Å². The summed E-state index contributed by atoms with van der Waals surface area (Å²) in [6.07, 6.45) is 1.04. The molecule has 0 spiro atoms. The number of anilines is 1. The van der Waals surface area contributed by atoms with E-state index in [9.17, 15) is 0 Å². The predicted octanol–water partition coefficient (Wildman–Crippen LogP) is 2.31. The summed E-state index contributed by atoms with van der Waals surface area (Å²) < 4.78 is 5.21. The normalized spacial score (nSPS) is 16.0. The Balaban J connectivity index is 1.62. The zero-order valence-electron chi connectivity index (χ0n) is 15.9. The topological polar surface area (TPSA) is 71.2 Å². The van der Waals surface area contributed by atoms with Gasteiger partial charge in [-0.3, -0.25) is 4.90 Å². The molecule has 0 saturated carbocycles. The Morgan fingerprint density at radius 2 is 1.60 bits per heavy atom. The lowest BCUT2D eigenvalue weighted by Gasteiger charge is -2.34. The van der Waals surface area contributed by atoms with Gasteiger partial charge in [-0.2, -0.15) is 4.98 Å². The molecular formula is C18H28N6O. The maximum atomic E-state index is 5.21. The third-order valence-electron chi connectivity index (χ3n) is 4.60. The maximum Gasteiger partial charge on any atom is 0.240 e. The van der Waals surface area contributed by atoms with Crippen molar-refractivity contribution >= 4 is 5.95 Å². The lowest BCUT2D eigenvalue weighted by atomic mass is 10.0. The van der Waals surface area contributed by atoms with Gasteiger partial charge in [-0.05, 0) is 38.7 Å². The summed E-state index contributed by atoms with van der Waals surface area (Å²) in [5, 5.41) is 3.85. The third kappa shape index (κ3) is 4.34. The quantitative estimate of drug-likeness (QED) is 0.824. The lowest BCUT2D eigenvalue weighted by Crippen LogP contribution is -2.46. The van der Waals surface area contributed by atoms with Crippen LogP contribution in [0.4, 0.5) is 5.95 Å². The Bertz CT molecular complexity index is 695. The largest absolute Gasteiger partial charge is 0.338 e. The molecule has 25 heavy (non-hydrogen) atoms. The highest BCUT2D eigenvalue weighted by Gasteiger charge is 2.22. The first-order valence-electron chi connectivity index (χ1n) is 9.03. The fourth-order valence-electron chi connectivity index (χ4n) is 3.27. The Kier molecular flexibility index (Phi) is 5.32. The van der Waals surface area contributed by atoms with Crippen LogP contribution in [0.15, 0.2) is 4.52 Å². The summed E-state index contributed by atoms with van der Waals surface area (Å²) in [6.45, 7) is 14.9. The van der Waals surface area contributed by atoms with Gasteiger partial charge in [-0.25, -0.2) is 9.97 Å². The van der Waals surface area contributed by atoms with Crippen molar-refractivity contribution in [2.45, 2.75) is 47.6 Å². The molecular weight excluding hydrogens is 316 g/mol. The third-order valence-corrected chi connectivity index (χ3v) is 4.60. The van der Waals surface area contributed by atoms with Crippen molar-refractivity contribution in [2.24, 2.45) is 5.92 Å². The summed E-state index contributed by atoms with van der Waals surface area (Å²) in [4.78, 5) is 18.4. The van der Waals surface area contributed by atoms with Gasteiger partial charge in [0.25, 0.3) is 0 Å². The average Bonchev–Trinajstić information content (AvgIpc) is 2.96. The van der Waals surface area contributed by atoms with Crippen LogP contribution in [0.5, 0.6) is 0 Å². The van der Waals surface area contributed by atoms with Gasteiger partial charge in [0.1, 0.15) is 0 Å². The van der Waals surface area contributed by atoms with Crippen LogP contribution >= 0.6 is 0 Å². The van der Waals surface area contributed by atoms with E-state index in [1.165, 1.54) is 5.56 Å². The first-order valence-corrected chi connectivity index (χ1v) is 9.03. The van der Waals surface area contributed by atoms with Gasteiger partial charge in [0, 0.05) is 37.6 Å². The molecule has 1 aliphatic heterocycles. The second-order valence-electron chi connectivity index (χ2n) is 7.27. The molecule has 0 bridgehead atoms. The molecule has 0 aromatic carbocycles. The predicted molar refractivity (Wildman–Crippen MR) is 96.6 cm³/mol. The van der Waals surface area contributed by atoms with E-state index in [-0.39, 0.29) is 0 Å². The van der Waals surface area contributed by atoms with Gasteiger partial charge in [0.2, 0.25) is 11.8 Å². The number of aryl methyl sites for hydroxylation is 3. The van der Waals surface area contributed by atoms with E-state index in [2.05, 4.69) is 47.6 Å². The molecule has 3 heterocycles. The smallest absolute Gasteiger partial charge is 0.240 e. The van der Waals surface area contributed by atoms with E-state index in [0.717, 1.165) is 49.9 Å². The first-order chi connectivity index (χ1) is 11.9. The van der Waals surface area contributed by atoms with Crippen molar-refractivity contribution in [1.82, 2.24) is 25.0 Å². The molecule has 136 valence electrons. The van der Waals surface area contributed by atoms with E-state index >= 15 is 0 Å². The molecule has 2 aromatic heterocycles. The Morgan fingerprint density at radius 1 is 0.960 bits per heavy atom. The number of nitrogens with zero attached hydrogens (tertiary/aromatic N) is 6. The van der Waals surface area contributed by atoms with Crippen LogP contribution in [-0.2, 0) is 13.0 Å². The van der Waals surface area contributed by atoms with Gasteiger partial charge in [0.05, 0.1) is 6.54 Å². The minimum absolute atomic E-state index is 0.615. The van der Waals surface area contributed by atoms with Crippen molar-refractivity contribution in [3.05, 3.63) is 28.7 Å². The van der Waals surface area contributed by atoms with Gasteiger partial charge < -0.3 is 9.42 Å². The van der Waals surface area contributed by atoms with Crippen LogP contribution in [0.2, 0.25) is 0 Å². The summed E-state index contributed by atoms with van der Waals surface area (Å²) in [5.41, 5.74) is 3.52. The molecule has 2 aromatic rings. The summed E-state index contributed by atoms with van der Waals surface area (Å²) in [5.74, 6) is 2.85. The molecule has 0 amide bonds. The molecule has 1 fully saturated rings. The van der Waals surface area contributed by atoms with Crippen LogP contribution in [0.25, 0.3) is 0 Å². The number of piperazine rings is 1. The van der Waals surface area contributed by atoms with Crippen LogP contribution in [0.1, 0.15) is 42.5 Å². The standard InChI is InChI=1S/C18H28N6O/c1-12(2)10-16-13(3)19-18(20-14(16)4)24-8-6-23(7-9-24)11-17-21-15(5)22-25-17/h12H,6-11H2,1-5H3. The summed E-state index contributed by atoms with van der Waals surface area (Å²) in [7, 11) is 0. The Morgan fingerprint density at radius 3 is 2.12 bits per heavy atom. The van der Waals surface area contributed by atoms with Crippen LogP contribution in [-0.4, -0.2) is 51.2 Å². The Labute approximate surface area is 149 Å². The van der Waals surface area contributed by atoms with Crippen LogP contribution < -0.4 is 4.90 Å². The number of aromatic nitrogens is 4. The van der Waals surface area contributed by atoms with Crippen LogP contribution in [0, 0.1) is 26.7 Å². The maximum absolute atomic E-state index is 5.21. The highest BCUT2D eigenvalue weighted by atomic mass is 16.5. The van der Waals surface area contributed by atoms with Crippen LogP contribution in [0.3, 0.4) is 0 Å². The first kappa shape index (κ1) is 17.8. The molecule has 1 saturated heterocycles. The minimum Gasteiger partial charge on any atom is -0.338 e. The zero-order chi connectivity index (χ0) is 18.0. The van der Waals surface area contributed by atoms with Gasteiger partial charge >= 0.3 is 0 Å². The molecule has 0 atom stereocenters. The number of hydrogen-bond donors (Lipinski definition) is 0. The molecule has 0 radical (unpaired) electrons. The van der Waals surface area contributed by atoms with Crippen molar-refractivity contribution in [2.75, 3.05) is 31.1 Å². The second-order valence-corrected chi connectivity index (χ2v) is 7.27. The summed E-state index contributed by atoms with van der Waals surface area (Å²) >= 11 is 0. The SMILES string of the molecule is Cc1noc(CN2CCN(c3nc(C)c(CC(C)C)c(C)n3)CC2)n1. The summed E-state index contributed by atoms with van der Waals surface area (Å²) in [6, 6.07) is 0. The molecule has 7 nitrogen and oxygen atoms in total. The number of hydrogen-bond acceptors (Lipinski definition) is 7. The second kappa shape index (κ2) is 7.47. The van der Waals surface area contributed by atoms with E-state index in [4.69, 9.17) is 14.5 Å². The average molecular weight is 344 g/mol. The van der Waals surface area contributed by atoms with Crippen molar-refractivity contribution < 1.29 is 4.52 Å². The molecule has 0 aliphatic carbocycles. The van der Waals surface area contributed by atoms with E-state index in [0.29, 0.717) is 24.2 Å². The highest BCUT2D eigenvalue weighted by Crippen LogP contribution is 2.20. The van der Waals surface area contributed by atoms with E-state index in [1.807, 2.05) is 6.92 Å². The fraction of sp³-hybridized carbons (Fsp3) is 0.667. The molecule has 3 rings (SSSR count). The molecule has 7 heteroatoms. The Hall–Kier alpha value is -2.02. The van der Waals surface area contributed by atoms with Crippen molar-refractivity contribution in [3.8, 4) is 0 Å². The number of rotatable bonds is 5. The fourth-order valence-corrected chi connectivity index (χ4v) is 3.27. The van der Waals surface area contributed by atoms with Gasteiger partial charge in [-0.1, -0.05) is 19.0 Å². The zero-order valence-corrected chi connectivity index (χ0v) is 15.9. The monoisotopic (exact) mass is 344 g/mol. The van der Waals surface area contributed by atoms with Crippen molar-refractivity contribution in [3.63, 3.8) is 0 Å². The van der Waals surface area contributed by atoms with Crippen molar-refractivity contribution in [1.29, 1.82) is 0 Å². The minimum atomic E-state index is 0.615. The molecule has 1 aliphatic rings. The lowest BCUT2D eigenvalue weighted by molar-refractivity contribution is 0.214. The molecule has 0 N–H and O–H groups in total. The van der Waals surface area contributed by atoms with E-state index < -0.39 is 0 Å². The van der Waals surface area contributed by atoms with Gasteiger partial charge in [0.15, 0.2) is 5.82 Å². The molecule has 0 unspecified atom stereocenters. The van der Waals surface area contributed by atoms with Gasteiger partial charge in [-0.15, -0.1) is 0 Å². The highest BCUT2D eigenvalue weighted by molar-refractivity contribution is 5.37.